The second kappa shape index (κ2) is 9.77. The van der Waals surface area contributed by atoms with Crippen LogP contribution in [0, 0.1) is 0 Å². The lowest BCUT2D eigenvalue weighted by Gasteiger charge is -2.13. The van der Waals surface area contributed by atoms with Crippen LogP contribution < -0.4 is 0 Å². The molecule has 0 bridgehead atoms. The summed E-state index contributed by atoms with van der Waals surface area (Å²) in [7, 11) is 0. The van der Waals surface area contributed by atoms with Crippen LogP contribution in [0.1, 0.15) is 0 Å². The van der Waals surface area contributed by atoms with Gasteiger partial charge in [-0.25, -0.2) is 4.98 Å². The van der Waals surface area contributed by atoms with Gasteiger partial charge in [0, 0.05) is 41.5 Å². The van der Waals surface area contributed by atoms with E-state index in [1.807, 2.05) is 48.9 Å². The highest BCUT2D eigenvalue weighted by Crippen LogP contribution is 2.35. The number of hydrogen-bond donors (Lipinski definition) is 0. The molecule has 3 aromatic heterocycles. The third-order valence-corrected chi connectivity index (χ3v) is 6.24. The van der Waals surface area contributed by atoms with Crippen LogP contribution in [0.15, 0.2) is 140 Å². The molecule has 6 aromatic rings. The molecule has 0 saturated heterocycles. The van der Waals surface area contributed by atoms with E-state index in [1.165, 1.54) is 0 Å². The highest BCUT2D eigenvalue weighted by Gasteiger charge is 2.12. The van der Waals surface area contributed by atoms with E-state index in [4.69, 9.17) is 4.98 Å². The molecular weight excluding hydrogens is 438 g/mol. The molecule has 0 unspecified atom stereocenters. The second-order valence-corrected chi connectivity index (χ2v) is 8.63. The van der Waals surface area contributed by atoms with Gasteiger partial charge in [0.05, 0.1) is 11.4 Å². The molecule has 6 rings (SSSR count). The third kappa shape index (κ3) is 4.55. The fourth-order valence-corrected chi connectivity index (χ4v) is 4.42. The van der Waals surface area contributed by atoms with E-state index < -0.39 is 0 Å². The molecular formula is C33H23N3. The topological polar surface area (TPSA) is 38.7 Å². The van der Waals surface area contributed by atoms with Gasteiger partial charge in [0.25, 0.3) is 0 Å². The first-order valence-electron chi connectivity index (χ1n) is 11.9. The van der Waals surface area contributed by atoms with E-state index >= 15 is 0 Å². The van der Waals surface area contributed by atoms with E-state index in [-0.39, 0.29) is 0 Å². The first kappa shape index (κ1) is 21.6. The molecule has 170 valence electrons. The normalized spacial score (nSPS) is 10.8. The summed E-state index contributed by atoms with van der Waals surface area (Å²) in [5.41, 5.74) is 10.7. The molecule has 3 heterocycles. The Morgan fingerprint density at radius 1 is 0.333 bits per heavy atom. The fourth-order valence-electron chi connectivity index (χ4n) is 4.42. The summed E-state index contributed by atoms with van der Waals surface area (Å²) in [6.07, 6.45) is 7.36. The lowest BCUT2D eigenvalue weighted by molar-refractivity contribution is 1.31. The molecule has 0 radical (unpaired) electrons. The molecule has 0 aliphatic carbocycles. The van der Waals surface area contributed by atoms with Crippen LogP contribution in [0.25, 0.3) is 55.9 Å². The van der Waals surface area contributed by atoms with Crippen molar-refractivity contribution in [2.45, 2.75) is 0 Å². The maximum absolute atomic E-state index is 5.14. The van der Waals surface area contributed by atoms with E-state index in [2.05, 4.69) is 94.9 Å². The first-order chi connectivity index (χ1) is 17.8. The lowest BCUT2D eigenvalue weighted by atomic mass is 9.94. The van der Waals surface area contributed by atoms with E-state index in [1.54, 1.807) is 6.20 Å². The fraction of sp³-hybridized carbons (Fsp3) is 0. The van der Waals surface area contributed by atoms with Gasteiger partial charge < -0.3 is 0 Å². The quantitative estimate of drug-likeness (QED) is 0.260. The largest absolute Gasteiger partial charge is 0.265 e. The van der Waals surface area contributed by atoms with Crippen molar-refractivity contribution >= 4 is 0 Å². The molecule has 0 aliphatic heterocycles. The highest BCUT2D eigenvalue weighted by atomic mass is 14.7. The van der Waals surface area contributed by atoms with Crippen molar-refractivity contribution in [3.8, 4) is 55.9 Å². The van der Waals surface area contributed by atoms with Gasteiger partial charge in [-0.2, -0.15) is 0 Å². The minimum Gasteiger partial charge on any atom is -0.265 e. The van der Waals surface area contributed by atoms with Crippen molar-refractivity contribution in [2.24, 2.45) is 0 Å². The van der Waals surface area contributed by atoms with Crippen molar-refractivity contribution < 1.29 is 0 Å². The maximum atomic E-state index is 5.14. The minimum atomic E-state index is 0.927. The van der Waals surface area contributed by atoms with Gasteiger partial charge in [0.1, 0.15) is 0 Å². The van der Waals surface area contributed by atoms with Crippen LogP contribution in [0.4, 0.5) is 0 Å². The highest BCUT2D eigenvalue weighted by molar-refractivity contribution is 5.83. The summed E-state index contributed by atoms with van der Waals surface area (Å²) >= 11 is 0. The van der Waals surface area contributed by atoms with Gasteiger partial charge in [0.15, 0.2) is 0 Å². The molecule has 0 amide bonds. The Morgan fingerprint density at radius 3 is 1.53 bits per heavy atom. The van der Waals surface area contributed by atoms with Crippen LogP contribution >= 0.6 is 0 Å². The zero-order valence-electron chi connectivity index (χ0n) is 19.6. The zero-order chi connectivity index (χ0) is 24.2. The summed E-state index contributed by atoms with van der Waals surface area (Å²) in [6, 6.07) is 39.9. The number of pyridine rings is 3. The monoisotopic (exact) mass is 461 g/mol. The summed E-state index contributed by atoms with van der Waals surface area (Å²) in [5, 5.41) is 0. The molecule has 0 saturated carbocycles. The molecule has 36 heavy (non-hydrogen) atoms. The number of nitrogens with zero attached hydrogens (tertiary/aromatic N) is 3. The maximum Gasteiger partial charge on any atom is 0.0716 e. The first-order valence-corrected chi connectivity index (χ1v) is 11.9. The average Bonchev–Trinajstić information content (AvgIpc) is 2.98. The molecule has 0 fully saturated rings. The Bertz CT molecular complexity index is 1360. The van der Waals surface area contributed by atoms with Crippen molar-refractivity contribution in [2.75, 3.05) is 0 Å². The van der Waals surface area contributed by atoms with Crippen molar-refractivity contribution in [1.29, 1.82) is 0 Å². The van der Waals surface area contributed by atoms with Crippen molar-refractivity contribution in [3.63, 3.8) is 0 Å². The van der Waals surface area contributed by atoms with Crippen LogP contribution in [0.5, 0.6) is 0 Å². The van der Waals surface area contributed by atoms with Gasteiger partial charge in [-0.3, -0.25) is 9.97 Å². The molecule has 3 aromatic carbocycles. The van der Waals surface area contributed by atoms with Crippen molar-refractivity contribution in [3.05, 3.63) is 140 Å². The van der Waals surface area contributed by atoms with Gasteiger partial charge in [-0.05, 0) is 76.3 Å². The lowest BCUT2D eigenvalue weighted by Crippen LogP contribution is -1.93. The minimum absolute atomic E-state index is 0.927. The van der Waals surface area contributed by atoms with E-state index in [0.29, 0.717) is 0 Å². The molecule has 3 nitrogen and oxygen atoms in total. The van der Waals surface area contributed by atoms with Crippen LogP contribution in [-0.2, 0) is 0 Å². The summed E-state index contributed by atoms with van der Waals surface area (Å²) in [5.74, 6) is 0. The van der Waals surface area contributed by atoms with Crippen LogP contribution in [0.3, 0.4) is 0 Å². The van der Waals surface area contributed by atoms with E-state index in [0.717, 1.165) is 55.9 Å². The van der Waals surface area contributed by atoms with Crippen LogP contribution in [-0.4, -0.2) is 15.0 Å². The smallest absolute Gasteiger partial charge is 0.0716 e. The summed E-state index contributed by atoms with van der Waals surface area (Å²) in [4.78, 5) is 13.7. The predicted molar refractivity (Wildman–Crippen MR) is 147 cm³/mol. The van der Waals surface area contributed by atoms with Gasteiger partial charge in [-0.1, -0.05) is 66.7 Å². The van der Waals surface area contributed by atoms with Crippen molar-refractivity contribution in [1.82, 2.24) is 15.0 Å². The number of benzene rings is 3. The number of rotatable bonds is 5. The van der Waals surface area contributed by atoms with E-state index in [9.17, 15) is 0 Å². The predicted octanol–water partition coefficient (Wildman–Crippen LogP) is 8.21. The molecule has 3 heteroatoms. The van der Waals surface area contributed by atoms with Gasteiger partial charge in [0.2, 0.25) is 0 Å². The SMILES string of the molecule is c1ccc(-c2cc(-c3ccccc3)nc(-c3cc(-c4ccncc4)cc(-c4cccnc4)c3)c2)cc1. The average molecular weight is 462 g/mol. The molecule has 0 aliphatic rings. The Hall–Kier alpha value is -4.89. The molecule has 0 N–H and O–H groups in total. The second-order valence-electron chi connectivity index (χ2n) is 8.63. The van der Waals surface area contributed by atoms with Gasteiger partial charge in [-0.15, -0.1) is 0 Å². The van der Waals surface area contributed by atoms with Gasteiger partial charge >= 0.3 is 0 Å². The molecule has 0 spiro atoms. The number of hydrogen-bond acceptors (Lipinski definition) is 3. The standard InChI is InChI=1S/C33H23N3/c1-3-8-24(9-4-1)30-21-32(26-10-5-2-6-11-26)36-33(22-30)31-19-28(25-13-16-34-17-14-25)18-29(20-31)27-12-7-15-35-23-27/h1-23H. The molecule has 0 atom stereocenters. The Labute approximate surface area is 210 Å². The van der Waals surface area contributed by atoms with Crippen LogP contribution in [0.2, 0.25) is 0 Å². The summed E-state index contributed by atoms with van der Waals surface area (Å²) < 4.78 is 0. The number of aromatic nitrogens is 3. The zero-order valence-corrected chi connectivity index (χ0v) is 19.6. The Kier molecular flexibility index (Phi) is 5.87. The Morgan fingerprint density at radius 2 is 0.861 bits per heavy atom. The third-order valence-electron chi connectivity index (χ3n) is 6.24. The summed E-state index contributed by atoms with van der Waals surface area (Å²) in [6.45, 7) is 0. The Balaban J connectivity index is 1.58.